The van der Waals surface area contributed by atoms with Gasteiger partial charge in [0.15, 0.2) is 0 Å². The molecule has 0 saturated carbocycles. The first kappa shape index (κ1) is 16.2. The Bertz CT molecular complexity index is 730. The van der Waals surface area contributed by atoms with Crippen LogP contribution < -0.4 is 10.2 Å². The number of hydrogen-bond acceptors (Lipinski definition) is 7. The summed E-state index contributed by atoms with van der Waals surface area (Å²) in [6, 6.07) is 1.55. The average molecular weight is 331 g/mol. The number of nitrogens with zero attached hydrogens (tertiary/aromatic N) is 6. The van der Waals surface area contributed by atoms with Crippen molar-refractivity contribution in [1.82, 2.24) is 24.7 Å². The lowest BCUT2D eigenvalue weighted by Gasteiger charge is -2.23. The van der Waals surface area contributed by atoms with Crippen molar-refractivity contribution >= 4 is 17.9 Å². The summed E-state index contributed by atoms with van der Waals surface area (Å²) < 4.78 is 6.86. The highest BCUT2D eigenvalue weighted by atomic mass is 16.6. The molecule has 1 unspecified atom stereocenters. The van der Waals surface area contributed by atoms with Crippen molar-refractivity contribution in [1.29, 1.82) is 0 Å². The van der Waals surface area contributed by atoms with E-state index in [9.17, 15) is 4.79 Å². The second-order valence-electron chi connectivity index (χ2n) is 6.10. The van der Waals surface area contributed by atoms with Crippen LogP contribution in [0.3, 0.4) is 0 Å². The number of nitrogens with one attached hydrogen (secondary N) is 1. The summed E-state index contributed by atoms with van der Waals surface area (Å²) in [6.07, 6.45) is 2.75. The van der Waals surface area contributed by atoms with Crippen LogP contribution in [0.1, 0.15) is 32.6 Å². The summed E-state index contributed by atoms with van der Waals surface area (Å²) in [5.41, 5.74) is 0. The van der Waals surface area contributed by atoms with Crippen LogP contribution in [0.4, 0.5) is 16.6 Å². The number of cyclic esters (lactones) is 1. The van der Waals surface area contributed by atoms with E-state index in [1.54, 1.807) is 21.8 Å². The summed E-state index contributed by atoms with van der Waals surface area (Å²) in [5, 5.41) is 7.24. The second kappa shape index (κ2) is 6.42. The summed E-state index contributed by atoms with van der Waals surface area (Å²) in [6.45, 7) is 6.42. The summed E-state index contributed by atoms with van der Waals surface area (Å²) >= 11 is 0. The van der Waals surface area contributed by atoms with Crippen LogP contribution in [0.15, 0.2) is 18.6 Å². The van der Waals surface area contributed by atoms with Crippen LogP contribution in [-0.4, -0.2) is 43.5 Å². The Morgan fingerprint density at radius 3 is 2.79 bits per heavy atom. The lowest BCUT2D eigenvalue weighted by molar-refractivity contribution is 0.177. The topological polar surface area (TPSA) is 98.1 Å². The van der Waals surface area contributed by atoms with E-state index in [1.807, 2.05) is 14.0 Å². The number of amides is 1. The minimum Gasteiger partial charge on any atom is -0.447 e. The van der Waals surface area contributed by atoms with Gasteiger partial charge in [-0.2, -0.15) is 10.1 Å². The maximum Gasteiger partial charge on any atom is 0.415 e. The zero-order valence-electron chi connectivity index (χ0n) is 14.2. The Kier molecular flexibility index (Phi) is 4.32. The number of aromatic nitrogens is 5. The molecule has 0 bridgehead atoms. The van der Waals surface area contributed by atoms with Gasteiger partial charge in [-0.05, 0) is 18.9 Å². The van der Waals surface area contributed by atoms with Gasteiger partial charge in [0.1, 0.15) is 24.6 Å². The molecule has 0 aliphatic carbocycles. The van der Waals surface area contributed by atoms with Crippen molar-refractivity contribution < 1.29 is 9.53 Å². The van der Waals surface area contributed by atoms with Gasteiger partial charge >= 0.3 is 6.09 Å². The van der Waals surface area contributed by atoms with Gasteiger partial charge in [-0.3, -0.25) is 9.58 Å². The van der Waals surface area contributed by atoms with Crippen LogP contribution in [0.5, 0.6) is 0 Å². The molecule has 3 rings (SSSR count). The van der Waals surface area contributed by atoms with E-state index in [0.29, 0.717) is 18.4 Å². The van der Waals surface area contributed by atoms with E-state index in [-0.39, 0.29) is 24.1 Å². The molecule has 2 aromatic heterocycles. The van der Waals surface area contributed by atoms with E-state index < -0.39 is 0 Å². The second-order valence-corrected chi connectivity index (χ2v) is 6.10. The monoisotopic (exact) mass is 331 g/mol. The standard InChI is InChI=1S/C15H21N7O2/c1-9(2)11-7-24-15(23)22(11)12-5-6-16-14(20-12)19-10(3)13-17-8-18-21(13)4/h5-6,8-11H,7H2,1-4H3,(H,16,19,20)/t10-,11?/m0/s1. The molecule has 128 valence electrons. The molecule has 2 aromatic rings. The number of carbonyl (C=O) groups is 1. The molecule has 0 aromatic carbocycles. The molecule has 1 N–H and O–H groups in total. The third-order valence-corrected chi connectivity index (χ3v) is 4.04. The summed E-state index contributed by atoms with van der Waals surface area (Å²) in [5.74, 6) is 1.98. The van der Waals surface area contributed by atoms with Crippen molar-refractivity contribution in [2.45, 2.75) is 32.9 Å². The van der Waals surface area contributed by atoms with Crippen LogP contribution >= 0.6 is 0 Å². The third-order valence-electron chi connectivity index (χ3n) is 4.04. The van der Waals surface area contributed by atoms with Gasteiger partial charge < -0.3 is 10.1 Å². The lowest BCUT2D eigenvalue weighted by Crippen LogP contribution is -2.37. The fourth-order valence-corrected chi connectivity index (χ4v) is 2.70. The van der Waals surface area contributed by atoms with E-state index in [1.165, 1.54) is 6.33 Å². The van der Waals surface area contributed by atoms with Crippen LogP contribution in [0.25, 0.3) is 0 Å². The van der Waals surface area contributed by atoms with Crippen LogP contribution in [-0.2, 0) is 11.8 Å². The molecular formula is C15H21N7O2. The van der Waals surface area contributed by atoms with Crippen molar-refractivity contribution in [3.05, 3.63) is 24.4 Å². The Morgan fingerprint density at radius 2 is 2.12 bits per heavy atom. The summed E-state index contributed by atoms with van der Waals surface area (Å²) in [7, 11) is 1.82. The molecule has 9 heteroatoms. The predicted octanol–water partition coefficient (Wildman–Crippen LogP) is 1.76. The minimum absolute atomic E-state index is 0.0311. The van der Waals surface area contributed by atoms with Gasteiger partial charge in [-0.15, -0.1) is 0 Å². The van der Waals surface area contributed by atoms with Gasteiger partial charge in [0.2, 0.25) is 5.95 Å². The Hall–Kier alpha value is -2.71. The maximum absolute atomic E-state index is 12.1. The maximum atomic E-state index is 12.1. The SMILES string of the molecule is CC(C)C1COC(=O)N1c1ccnc(N[C@@H](C)c2ncnn2C)n1. The fraction of sp³-hybridized carbons (Fsp3) is 0.533. The molecule has 0 spiro atoms. The molecule has 1 amide bonds. The molecule has 24 heavy (non-hydrogen) atoms. The first-order valence-electron chi connectivity index (χ1n) is 7.87. The van der Waals surface area contributed by atoms with Crippen LogP contribution in [0, 0.1) is 5.92 Å². The highest BCUT2D eigenvalue weighted by Gasteiger charge is 2.37. The molecule has 1 aliphatic heterocycles. The normalized spacial score (nSPS) is 18.8. The zero-order chi connectivity index (χ0) is 17.3. The quantitative estimate of drug-likeness (QED) is 0.891. The smallest absolute Gasteiger partial charge is 0.415 e. The van der Waals surface area contributed by atoms with E-state index in [2.05, 4.69) is 39.2 Å². The number of carbonyl (C=O) groups excluding carboxylic acids is 1. The molecule has 3 heterocycles. The van der Waals surface area contributed by atoms with Gasteiger partial charge in [0.05, 0.1) is 12.1 Å². The van der Waals surface area contributed by atoms with E-state index in [0.717, 1.165) is 5.82 Å². The zero-order valence-corrected chi connectivity index (χ0v) is 14.2. The molecule has 9 nitrogen and oxygen atoms in total. The Balaban J connectivity index is 1.81. The van der Waals surface area contributed by atoms with E-state index >= 15 is 0 Å². The minimum atomic E-state index is -0.375. The molecular weight excluding hydrogens is 310 g/mol. The number of rotatable bonds is 5. The van der Waals surface area contributed by atoms with Gasteiger partial charge in [0, 0.05) is 13.2 Å². The average Bonchev–Trinajstić information content (AvgIpc) is 3.13. The fourth-order valence-electron chi connectivity index (χ4n) is 2.70. The summed E-state index contributed by atoms with van der Waals surface area (Å²) in [4.78, 5) is 26.5. The first-order chi connectivity index (χ1) is 11.5. The van der Waals surface area contributed by atoms with Crippen molar-refractivity contribution in [3.63, 3.8) is 0 Å². The Labute approximate surface area is 140 Å². The van der Waals surface area contributed by atoms with Crippen LogP contribution in [0.2, 0.25) is 0 Å². The van der Waals surface area contributed by atoms with Gasteiger partial charge in [0.25, 0.3) is 0 Å². The number of hydrogen-bond donors (Lipinski definition) is 1. The molecule has 1 saturated heterocycles. The Morgan fingerprint density at radius 1 is 1.33 bits per heavy atom. The number of anilines is 2. The third kappa shape index (κ3) is 3.01. The van der Waals surface area contributed by atoms with E-state index in [4.69, 9.17) is 4.74 Å². The predicted molar refractivity (Wildman–Crippen MR) is 87.5 cm³/mol. The molecule has 1 fully saturated rings. The molecule has 1 aliphatic rings. The van der Waals surface area contributed by atoms with Crippen molar-refractivity contribution in [2.24, 2.45) is 13.0 Å². The van der Waals surface area contributed by atoms with Gasteiger partial charge in [-0.1, -0.05) is 13.8 Å². The highest BCUT2D eigenvalue weighted by Crippen LogP contribution is 2.26. The molecule has 0 radical (unpaired) electrons. The highest BCUT2D eigenvalue weighted by molar-refractivity contribution is 5.89. The largest absolute Gasteiger partial charge is 0.447 e. The van der Waals surface area contributed by atoms with Crippen molar-refractivity contribution in [3.8, 4) is 0 Å². The van der Waals surface area contributed by atoms with Gasteiger partial charge in [-0.25, -0.2) is 14.8 Å². The van der Waals surface area contributed by atoms with Crippen molar-refractivity contribution in [2.75, 3.05) is 16.8 Å². The first-order valence-corrected chi connectivity index (χ1v) is 7.87. The number of ether oxygens (including phenoxy) is 1. The number of aryl methyl sites for hydroxylation is 1. The molecule has 2 atom stereocenters. The lowest BCUT2D eigenvalue weighted by atomic mass is 10.0.